The van der Waals surface area contributed by atoms with Crippen molar-refractivity contribution in [3.05, 3.63) is 0 Å². The van der Waals surface area contributed by atoms with Crippen LogP contribution in [0.2, 0.25) is 0 Å². The van der Waals surface area contributed by atoms with Crippen molar-refractivity contribution in [1.29, 1.82) is 0 Å². The molecule has 0 amide bonds. The minimum absolute atomic E-state index is 0.0349. The minimum Gasteiger partial charge on any atom is -0.393 e. The first kappa shape index (κ1) is 26.4. The fourth-order valence-electron chi connectivity index (χ4n) is 9.64. The summed E-state index contributed by atoms with van der Waals surface area (Å²) in [6.45, 7) is 9.14. The second-order valence-corrected chi connectivity index (χ2v) is 13.5. The predicted molar refractivity (Wildman–Crippen MR) is 128 cm³/mol. The highest BCUT2D eigenvalue weighted by Gasteiger charge is 2.64. The summed E-state index contributed by atoms with van der Waals surface area (Å²) >= 11 is 0. The Bertz CT molecular complexity index is 874. The number of fused-ring (bicyclic) bond motifs is 5. The van der Waals surface area contributed by atoms with E-state index in [1.165, 1.54) is 0 Å². The number of carbonyl (C=O) groups excluding carboxylic acids is 1. The van der Waals surface area contributed by atoms with Crippen LogP contribution in [0.25, 0.3) is 0 Å². The van der Waals surface area contributed by atoms with Crippen LogP contribution >= 0.6 is 0 Å². The van der Waals surface area contributed by atoms with Crippen LogP contribution in [0.4, 0.5) is 0 Å². The molecular formula is C26H44O7S. The van der Waals surface area contributed by atoms with E-state index in [-0.39, 0.29) is 47.2 Å². The maximum absolute atomic E-state index is 11.8. The number of rotatable bonds is 6. The minimum atomic E-state index is -4.76. The zero-order valence-corrected chi connectivity index (χ0v) is 22.0. The Morgan fingerprint density at radius 1 is 1.03 bits per heavy atom. The van der Waals surface area contributed by atoms with Gasteiger partial charge in [0.2, 0.25) is 0 Å². The average molecular weight is 501 g/mol. The molecule has 196 valence electrons. The largest absolute Gasteiger partial charge is 0.448 e. The maximum atomic E-state index is 11.8. The number of carbonyl (C=O) groups is 1. The van der Waals surface area contributed by atoms with Gasteiger partial charge in [0.25, 0.3) is 0 Å². The van der Waals surface area contributed by atoms with Gasteiger partial charge in [0, 0.05) is 6.42 Å². The molecule has 0 saturated heterocycles. The second kappa shape index (κ2) is 9.31. The Hall–Kier alpha value is -0.700. The van der Waals surface area contributed by atoms with Crippen molar-refractivity contribution < 1.29 is 32.2 Å². The number of hydrogen-bond acceptors (Lipinski definition) is 6. The molecule has 4 aliphatic rings. The fourth-order valence-corrected chi connectivity index (χ4v) is 9.96. The van der Waals surface area contributed by atoms with E-state index in [0.29, 0.717) is 30.1 Å². The second-order valence-electron chi connectivity index (χ2n) is 12.5. The van der Waals surface area contributed by atoms with E-state index >= 15 is 0 Å². The van der Waals surface area contributed by atoms with Gasteiger partial charge in [0.05, 0.1) is 12.2 Å². The van der Waals surface area contributed by atoms with Crippen LogP contribution in [-0.4, -0.2) is 41.4 Å². The van der Waals surface area contributed by atoms with Crippen molar-refractivity contribution >= 4 is 16.4 Å². The summed E-state index contributed by atoms with van der Waals surface area (Å²) in [6.07, 6.45) is 7.93. The molecule has 34 heavy (non-hydrogen) atoms. The zero-order chi connectivity index (χ0) is 25.1. The van der Waals surface area contributed by atoms with Gasteiger partial charge in [-0.05, 0) is 104 Å². The quantitative estimate of drug-likeness (QED) is 0.463. The van der Waals surface area contributed by atoms with E-state index in [0.717, 1.165) is 51.4 Å². The molecule has 7 nitrogen and oxygen atoms in total. The summed E-state index contributed by atoms with van der Waals surface area (Å²) in [4.78, 5) is 11.8. The summed E-state index contributed by atoms with van der Waals surface area (Å²) in [6, 6.07) is 0. The molecule has 4 saturated carbocycles. The Balaban J connectivity index is 1.52. The van der Waals surface area contributed by atoms with Crippen LogP contribution in [0, 0.1) is 52.3 Å². The highest BCUT2D eigenvalue weighted by Crippen LogP contribution is 2.69. The number of hydrogen-bond donors (Lipinski definition) is 3. The Kier molecular flexibility index (Phi) is 7.22. The summed E-state index contributed by atoms with van der Waals surface area (Å²) < 4.78 is 34.5. The third kappa shape index (κ3) is 4.46. The van der Waals surface area contributed by atoms with Gasteiger partial charge in [-0.15, -0.1) is 0 Å². The van der Waals surface area contributed by atoms with E-state index in [1.54, 1.807) is 0 Å². The van der Waals surface area contributed by atoms with Gasteiger partial charge in [0.1, 0.15) is 0 Å². The van der Waals surface area contributed by atoms with E-state index in [2.05, 4.69) is 31.9 Å². The van der Waals surface area contributed by atoms with Crippen LogP contribution < -0.4 is 0 Å². The molecule has 0 bridgehead atoms. The molecule has 4 fully saturated rings. The lowest BCUT2D eigenvalue weighted by atomic mass is 9.41. The van der Waals surface area contributed by atoms with Gasteiger partial charge in [0.15, 0.2) is 0 Å². The lowest BCUT2D eigenvalue weighted by Gasteiger charge is -2.64. The maximum Gasteiger partial charge on any atom is 0.448 e. The lowest BCUT2D eigenvalue weighted by Crippen LogP contribution is -2.62. The van der Waals surface area contributed by atoms with Crippen molar-refractivity contribution in [3.63, 3.8) is 0 Å². The first-order valence-electron chi connectivity index (χ1n) is 13.4. The zero-order valence-electron chi connectivity index (χ0n) is 21.2. The highest BCUT2D eigenvalue weighted by molar-refractivity contribution is 7.81. The molecule has 11 atom stereocenters. The SMILES string of the molecule is CC[C@H]1[C@@H](O)[C@@H]2[C@H](CC[C@]3(C)[C@@H]([C@H](C)CCC(=O)OS(=O)(=O)O)CC[C@@H]23)[C@@]2(C)CC[C@H](O)C[C@@H]12. The summed E-state index contributed by atoms with van der Waals surface area (Å²) in [5.41, 5.74) is 0.262. The van der Waals surface area contributed by atoms with Crippen LogP contribution in [0.5, 0.6) is 0 Å². The smallest absolute Gasteiger partial charge is 0.393 e. The molecule has 0 spiro atoms. The molecule has 0 aromatic carbocycles. The Labute approximate surface area is 205 Å². The molecule has 0 aromatic rings. The molecule has 0 aliphatic heterocycles. The molecule has 0 aromatic heterocycles. The van der Waals surface area contributed by atoms with Gasteiger partial charge >= 0.3 is 16.4 Å². The van der Waals surface area contributed by atoms with Crippen molar-refractivity contribution in [3.8, 4) is 0 Å². The van der Waals surface area contributed by atoms with Crippen molar-refractivity contribution in [1.82, 2.24) is 0 Å². The average Bonchev–Trinajstić information content (AvgIpc) is 3.09. The molecule has 4 aliphatic carbocycles. The van der Waals surface area contributed by atoms with Crippen LogP contribution in [0.1, 0.15) is 91.9 Å². The predicted octanol–water partition coefficient (Wildman–Crippen LogP) is 4.38. The molecule has 8 heteroatoms. The molecule has 0 unspecified atom stereocenters. The van der Waals surface area contributed by atoms with Gasteiger partial charge in [-0.2, -0.15) is 8.42 Å². The van der Waals surface area contributed by atoms with Crippen LogP contribution in [0.15, 0.2) is 0 Å². The van der Waals surface area contributed by atoms with Crippen LogP contribution in [0.3, 0.4) is 0 Å². The molecular weight excluding hydrogens is 456 g/mol. The third-order valence-electron chi connectivity index (χ3n) is 11.2. The van der Waals surface area contributed by atoms with E-state index < -0.39 is 16.4 Å². The lowest BCUT2D eigenvalue weighted by molar-refractivity contribution is -0.203. The topological polar surface area (TPSA) is 121 Å². The Morgan fingerprint density at radius 2 is 1.68 bits per heavy atom. The van der Waals surface area contributed by atoms with Gasteiger partial charge < -0.3 is 14.4 Å². The molecule has 3 N–H and O–H groups in total. The Morgan fingerprint density at radius 3 is 2.32 bits per heavy atom. The standard InChI is InChI=1S/C26H44O7S/c1-5-17-21-14-16(27)10-12-26(21,4)20-11-13-25(3)18(7-8-19(25)23(20)24(17)29)15(2)6-9-22(28)33-34(30,31)32/h15-21,23-24,27,29H,5-14H2,1-4H3,(H,30,31,32)/t15-,16+,17-,18-,19+,20+,21+,23+,24-,25-,26-/m1/s1. The first-order valence-corrected chi connectivity index (χ1v) is 14.7. The van der Waals surface area contributed by atoms with Crippen molar-refractivity contribution in [2.24, 2.45) is 52.3 Å². The molecule has 4 rings (SSSR count). The van der Waals surface area contributed by atoms with Gasteiger partial charge in [-0.1, -0.05) is 34.1 Å². The molecule has 0 radical (unpaired) electrons. The summed E-state index contributed by atoms with van der Waals surface area (Å²) in [5, 5.41) is 22.2. The molecule has 0 heterocycles. The number of aliphatic hydroxyl groups excluding tert-OH is 2. The van der Waals surface area contributed by atoms with Gasteiger partial charge in [-0.25, -0.2) is 0 Å². The van der Waals surface area contributed by atoms with E-state index in [1.807, 2.05) is 0 Å². The van der Waals surface area contributed by atoms with Crippen molar-refractivity contribution in [2.75, 3.05) is 0 Å². The monoisotopic (exact) mass is 500 g/mol. The normalized spacial score (nSPS) is 47.3. The fraction of sp³-hybridized carbons (Fsp3) is 0.962. The number of aliphatic hydroxyl groups is 2. The highest BCUT2D eigenvalue weighted by atomic mass is 32.3. The van der Waals surface area contributed by atoms with Crippen LogP contribution in [-0.2, 0) is 19.4 Å². The third-order valence-corrected chi connectivity index (χ3v) is 11.5. The summed E-state index contributed by atoms with van der Waals surface area (Å²) in [5.74, 6) is 1.53. The summed E-state index contributed by atoms with van der Waals surface area (Å²) in [7, 11) is -4.76. The van der Waals surface area contributed by atoms with Crippen molar-refractivity contribution in [2.45, 2.75) is 104 Å². The van der Waals surface area contributed by atoms with Gasteiger partial charge in [-0.3, -0.25) is 9.35 Å². The first-order chi connectivity index (χ1) is 15.8. The van der Waals surface area contributed by atoms with E-state index in [4.69, 9.17) is 4.55 Å². The van der Waals surface area contributed by atoms with E-state index in [9.17, 15) is 23.4 Å².